The van der Waals surface area contributed by atoms with Gasteiger partial charge in [0, 0.05) is 18.2 Å². The molecule has 0 bridgehead atoms. The molecule has 0 aliphatic carbocycles. The number of rotatable bonds is 6. The van der Waals surface area contributed by atoms with Crippen LogP contribution < -0.4 is 4.31 Å². The molecule has 1 aliphatic heterocycles. The van der Waals surface area contributed by atoms with Crippen molar-refractivity contribution in [3.63, 3.8) is 0 Å². The van der Waals surface area contributed by atoms with Crippen molar-refractivity contribution < 1.29 is 22.7 Å². The van der Waals surface area contributed by atoms with Crippen molar-refractivity contribution in [2.45, 2.75) is 19.8 Å². The van der Waals surface area contributed by atoms with E-state index < -0.39 is 16.0 Å². The Morgan fingerprint density at radius 3 is 2.55 bits per heavy atom. The van der Waals surface area contributed by atoms with E-state index >= 15 is 0 Å². The van der Waals surface area contributed by atoms with Crippen LogP contribution in [-0.4, -0.2) is 39.6 Å². The summed E-state index contributed by atoms with van der Waals surface area (Å²) in [6.07, 6.45) is 5.47. The van der Waals surface area contributed by atoms with Crippen LogP contribution in [0.4, 0.5) is 5.69 Å². The summed E-state index contributed by atoms with van der Waals surface area (Å²) in [5.41, 5.74) is 3.80. The molecule has 0 N–H and O–H groups in total. The van der Waals surface area contributed by atoms with Gasteiger partial charge in [-0.25, -0.2) is 13.2 Å². The molecule has 3 rings (SSSR count). The summed E-state index contributed by atoms with van der Waals surface area (Å²) in [7, 11) is -3.35. The minimum absolute atomic E-state index is 0.332. The second kappa shape index (κ2) is 8.61. The van der Waals surface area contributed by atoms with E-state index in [0.29, 0.717) is 30.6 Å². The SMILES string of the molecule is Cc1ccc(/C=C/C(=O)OCC(=O)c2ccc3c(c2)CCCN3S(C)(=O)=O)cc1. The molecule has 6 nitrogen and oxygen atoms in total. The Labute approximate surface area is 170 Å². The lowest BCUT2D eigenvalue weighted by atomic mass is 9.99. The molecule has 7 heteroatoms. The monoisotopic (exact) mass is 413 g/mol. The number of hydrogen-bond donors (Lipinski definition) is 0. The van der Waals surface area contributed by atoms with Crippen molar-refractivity contribution in [2.24, 2.45) is 0 Å². The molecule has 0 radical (unpaired) electrons. The molecule has 0 aromatic heterocycles. The minimum atomic E-state index is -3.35. The van der Waals surface area contributed by atoms with Crippen LogP contribution in [0.25, 0.3) is 6.08 Å². The third-order valence-electron chi connectivity index (χ3n) is 4.71. The topological polar surface area (TPSA) is 80.8 Å². The second-order valence-corrected chi connectivity index (χ2v) is 8.96. The van der Waals surface area contributed by atoms with E-state index in [-0.39, 0.29) is 12.4 Å². The van der Waals surface area contributed by atoms with Crippen LogP contribution in [0.1, 0.15) is 33.5 Å². The molecule has 29 heavy (non-hydrogen) atoms. The average Bonchev–Trinajstić information content (AvgIpc) is 2.70. The van der Waals surface area contributed by atoms with E-state index in [9.17, 15) is 18.0 Å². The Morgan fingerprint density at radius 1 is 1.14 bits per heavy atom. The first-order valence-corrected chi connectivity index (χ1v) is 11.1. The van der Waals surface area contributed by atoms with Gasteiger partial charge in [0.1, 0.15) is 0 Å². The fourth-order valence-electron chi connectivity index (χ4n) is 3.19. The van der Waals surface area contributed by atoms with Gasteiger partial charge in [0.25, 0.3) is 0 Å². The molecule has 1 aliphatic rings. The van der Waals surface area contributed by atoms with Crippen LogP contribution in [0.5, 0.6) is 0 Å². The van der Waals surface area contributed by atoms with Gasteiger partial charge in [0.15, 0.2) is 12.4 Å². The maximum atomic E-state index is 12.4. The summed E-state index contributed by atoms with van der Waals surface area (Å²) in [5, 5.41) is 0. The summed E-state index contributed by atoms with van der Waals surface area (Å²) >= 11 is 0. The lowest BCUT2D eigenvalue weighted by Gasteiger charge is -2.29. The predicted octanol–water partition coefficient (Wildman–Crippen LogP) is 3.15. The molecule has 2 aromatic carbocycles. The molecule has 0 amide bonds. The third-order valence-corrected chi connectivity index (χ3v) is 5.89. The van der Waals surface area contributed by atoms with Crippen molar-refractivity contribution in [1.29, 1.82) is 0 Å². The normalized spacial score (nSPS) is 13.9. The Bertz CT molecular complexity index is 1060. The van der Waals surface area contributed by atoms with E-state index in [0.717, 1.165) is 16.7 Å². The van der Waals surface area contributed by atoms with Crippen LogP contribution in [0.3, 0.4) is 0 Å². The lowest BCUT2D eigenvalue weighted by molar-refractivity contribution is -0.136. The van der Waals surface area contributed by atoms with Crippen molar-refractivity contribution >= 4 is 33.5 Å². The summed E-state index contributed by atoms with van der Waals surface area (Å²) in [4.78, 5) is 24.3. The Balaban J connectivity index is 1.62. The Hall–Kier alpha value is -2.93. The number of ketones is 1. The molecule has 1 heterocycles. The van der Waals surface area contributed by atoms with Crippen LogP contribution in [0, 0.1) is 6.92 Å². The second-order valence-electron chi connectivity index (χ2n) is 7.06. The zero-order valence-corrected chi connectivity index (χ0v) is 17.2. The molecule has 0 saturated heterocycles. The molecule has 2 aromatic rings. The van der Waals surface area contributed by atoms with E-state index in [4.69, 9.17) is 4.74 Å². The average molecular weight is 413 g/mol. The quantitative estimate of drug-likeness (QED) is 0.413. The maximum absolute atomic E-state index is 12.4. The van der Waals surface area contributed by atoms with Gasteiger partial charge in [-0.3, -0.25) is 9.10 Å². The Kier molecular flexibility index (Phi) is 6.17. The van der Waals surface area contributed by atoms with Gasteiger partial charge >= 0.3 is 5.97 Å². The first-order valence-electron chi connectivity index (χ1n) is 9.29. The standard InChI is InChI=1S/C22H23NO5S/c1-16-5-7-17(8-6-16)9-12-22(25)28-15-21(24)19-10-11-20-18(14-19)4-3-13-23(20)29(2,26)27/h5-12,14H,3-4,13,15H2,1-2H3/b12-9+. The molecule has 0 atom stereocenters. The van der Waals surface area contributed by atoms with Gasteiger partial charge in [0.2, 0.25) is 10.0 Å². The van der Waals surface area contributed by atoms with Gasteiger partial charge in [-0.15, -0.1) is 0 Å². The molecule has 152 valence electrons. The molecular formula is C22H23NO5S. The van der Waals surface area contributed by atoms with Gasteiger partial charge in [0.05, 0.1) is 11.9 Å². The number of ether oxygens (including phenoxy) is 1. The number of carbonyl (C=O) groups excluding carboxylic acids is 2. The largest absolute Gasteiger partial charge is 0.454 e. The van der Waals surface area contributed by atoms with E-state index in [1.54, 1.807) is 24.3 Å². The summed E-state index contributed by atoms with van der Waals surface area (Å²) in [5.74, 6) is -0.929. The first-order chi connectivity index (χ1) is 13.7. The number of Topliss-reactive ketones (excluding diaryl/α,β-unsaturated/α-hetero) is 1. The van der Waals surface area contributed by atoms with Gasteiger partial charge in [-0.05, 0) is 55.2 Å². The van der Waals surface area contributed by atoms with Crippen LogP contribution in [-0.2, 0) is 26.0 Å². The van der Waals surface area contributed by atoms with E-state index in [1.165, 1.54) is 16.6 Å². The number of sulfonamides is 1. The number of esters is 1. The maximum Gasteiger partial charge on any atom is 0.331 e. The molecule has 0 unspecified atom stereocenters. The minimum Gasteiger partial charge on any atom is -0.454 e. The summed E-state index contributed by atoms with van der Waals surface area (Å²) in [6.45, 7) is 2.04. The van der Waals surface area contributed by atoms with Crippen LogP contribution in [0.2, 0.25) is 0 Å². The highest BCUT2D eigenvalue weighted by Crippen LogP contribution is 2.30. The number of carbonyl (C=O) groups is 2. The highest BCUT2D eigenvalue weighted by atomic mass is 32.2. The molecular weight excluding hydrogens is 390 g/mol. The van der Waals surface area contributed by atoms with Gasteiger partial charge in [-0.2, -0.15) is 0 Å². The lowest BCUT2D eigenvalue weighted by Crippen LogP contribution is -2.34. The van der Waals surface area contributed by atoms with E-state index in [1.807, 2.05) is 31.2 Å². The Morgan fingerprint density at radius 2 is 1.86 bits per heavy atom. The van der Waals surface area contributed by atoms with E-state index in [2.05, 4.69) is 0 Å². The number of hydrogen-bond acceptors (Lipinski definition) is 5. The zero-order chi connectivity index (χ0) is 21.0. The highest BCUT2D eigenvalue weighted by molar-refractivity contribution is 7.92. The van der Waals surface area contributed by atoms with Crippen molar-refractivity contribution in [1.82, 2.24) is 0 Å². The molecule has 0 spiro atoms. The smallest absolute Gasteiger partial charge is 0.331 e. The zero-order valence-electron chi connectivity index (χ0n) is 16.4. The highest BCUT2D eigenvalue weighted by Gasteiger charge is 2.24. The number of nitrogens with zero attached hydrogens (tertiary/aromatic N) is 1. The van der Waals surface area contributed by atoms with Crippen molar-refractivity contribution in [2.75, 3.05) is 23.7 Å². The molecule has 0 saturated carbocycles. The summed E-state index contributed by atoms with van der Waals surface area (Å²) in [6, 6.07) is 12.5. The fourth-order valence-corrected chi connectivity index (χ4v) is 4.19. The van der Waals surface area contributed by atoms with Crippen LogP contribution >= 0.6 is 0 Å². The third kappa shape index (κ3) is 5.32. The number of benzene rings is 2. The summed E-state index contributed by atoms with van der Waals surface area (Å²) < 4.78 is 30.2. The molecule has 0 fully saturated rings. The predicted molar refractivity (Wildman–Crippen MR) is 112 cm³/mol. The van der Waals surface area contributed by atoms with Gasteiger partial charge in [-0.1, -0.05) is 29.8 Å². The first kappa shape index (κ1) is 20.8. The number of fused-ring (bicyclic) bond motifs is 1. The fraction of sp³-hybridized carbons (Fsp3) is 0.273. The number of anilines is 1. The van der Waals surface area contributed by atoms with Crippen molar-refractivity contribution in [3.8, 4) is 0 Å². The van der Waals surface area contributed by atoms with Crippen LogP contribution in [0.15, 0.2) is 48.5 Å². The van der Waals surface area contributed by atoms with Gasteiger partial charge < -0.3 is 4.74 Å². The van der Waals surface area contributed by atoms with Crippen molar-refractivity contribution in [3.05, 3.63) is 70.8 Å². The number of aryl methyl sites for hydroxylation is 2.